The second-order valence-electron chi connectivity index (χ2n) is 9.83. The van der Waals surface area contributed by atoms with E-state index in [2.05, 4.69) is 5.32 Å². The maximum Gasteiger partial charge on any atom is 0.259 e. The minimum atomic E-state index is -0.592. The number of carbonyl (C=O) groups is 3. The van der Waals surface area contributed by atoms with Gasteiger partial charge in [0.25, 0.3) is 11.8 Å². The number of nitrogens with zero attached hydrogens (tertiary/aromatic N) is 2. The maximum atomic E-state index is 13.2. The summed E-state index contributed by atoms with van der Waals surface area (Å²) in [6.07, 6.45) is 5.21. The van der Waals surface area contributed by atoms with Crippen LogP contribution in [0, 0.1) is 0 Å². The Balaban J connectivity index is 1.57. The zero-order chi connectivity index (χ0) is 26.3. The first-order valence-corrected chi connectivity index (χ1v) is 12.5. The van der Waals surface area contributed by atoms with Gasteiger partial charge in [-0.15, -0.1) is 0 Å². The average Bonchev–Trinajstić information content (AvgIpc) is 3.51. The van der Waals surface area contributed by atoms with Gasteiger partial charge >= 0.3 is 0 Å². The topological polar surface area (TPSA) is 125 Å². The molecule has 0 spiro atoms. The molecule has 2 atom stereocenters. The number of aryl methyl sites for hydroxylation is 2. The van der Waals surface area contributed by atoms with Gasteiger partial charge in [0.15, 0.2) is 0 Å². The molecule has 190 valence electrons. The average molecular weight is 498 g/mol. The summed E-state index contributed by atoms with van der Waals surface area (Å²) in [6.45, 7) is 2.37. The number of carbonyl (C=O) groups excluding carboxylic acids is 3. The first-order valence-electron chi connectivity index (χ1n) is 12.5. The predicted octanol–water partition coefficient (Wildman–Crippen LogP) is 3.11. The van der Waals surface area contributed by atoms with E-state index in [1.165, 1.54) is 0 Å². The summed E-state index contributed by atoms with van der Waals surface area (Å²) in [5.41, 5.74) is 16.0. The minimum Gasteiger partial charge on any atom is -0.350 e. The van der Waals surface area contributed by atoms with Crippen molar-refractivity contribution in [2.45, 2.75) is 44.8 Å². The smallest absolute Gasteiger partial charge is 0.259 e. The van der Waals surface area contributed by atoms with Crippen LogP contribution in [0.5, 0.6) is 0 Å². The number of nitrogens with two attached hydrogens (primary N) is 2. The molecule has 0 fully saturated rings. The summed E-state index contributed by atoms with van der Waals surface area (Å²) < 4.78 is 3.96. The summed E-state index contributed by atoms with van der Waals surface area (Å²) >= 11 is 0. The first-order chi connectivity index (χ1) is 17.8. The number of amides is 2. The Morgan fingerprint density at radius 3 is 2.08 bits per heavy atom. The highest BCUT2D eigenvalue weighted by atomic mass is 16.2. The van der Waals surface area contributed by atoms with Crippen LogP contribution in [0.2, 0.25) is 0 Å². The first kappa shape index (κ1) is 24.7. The van der Waals surface area contributed by atoms with E-state index in [0.29, 0.717) is 42.5 Å². The summed E-state index contributed by atoms with van der Waals surface area (Å²) in [5, 5.41) is 4.27. The lowest BCUT2D eigenvalue weighted by atomic mass is 9.95. The van der Waals surface area contributed by atoms with Crippen molar-refractivity contribution in [3.05, 3.63) is 72.1 Å². The normalized spacial score (nSPS) is 15.6. The van der Waals surface area contributed by atoms with Crippen LogP contribution in [-0.2, 0) is 28.0 Å². The number of hydrogen-bond acceptors (Lipinski definition) is 5. The van der Waals surface area contributed by atoms with Crippen molar-refractivity contribution < 1.29 is 14.4 Å². The van der Waals surface area contributed by atoms with E-state index in [-0.39, 0.29) is 11.8 Å². The second-order valence-corrected chi connectivity index (χ2v) is 9.83. The van der Waals surface area contributed by atoms with Crippen LogP contribution in [0.3, 0.4) is 0 Å². The van der Waals surface area contributed by atoms with E-state index in [9.17, 15) is 14.4 Å². The number of rotatable bonds is 9. The Labute approximate surface area is 214 Å². The maximum absolute atomic E-state index is 13.2. The Morgan fingerprint density at radius 1 is 0.865 bits per heavy atom. The molecule has 1 aliphatic heterocycles. The summed E-state index contributed by atoms with van der Waals surface area (Å²) in [5.74, 6) is -0.829. The monoisotopic (exact) mass is 497 g/mol. The van der Waals surface area contributed by atoms with Crippen molar-refractivity contribution in [2.24, 2.45) is 18.5 Å². The van der Waals surface area contributed by atoms with Gasteiger partial charge in [0.2, 0.25) is 0 Å². The van der Waals surface area contributed by atoms with Crippen LogP contribution in [0.1, 0.15) is 37.3 Å². The molecule has 8 heteroatoms. The lowest BCUT2D eigenvalue weighted by Crippen LogP contribution is -2.32. The number of benzene rings is 2. The van der Waals surface area contributed by atoms with Crippen LogP contribution in [-0.4, -0.2) is 38.8 Å². The Kier molecular flexibility index (Phi) is 6.54. The molecule has 8 nitrogen and oxygen atoms in total. The minimum absolute atomic E-state index is 0.00398. The van der Waals surface area contributed by atoms with Gasteiger partial charge < -0.3 is 20.6 Å². The molecule has 37 heavy (non-hydrogen) atoms. The molecule has 0 aliphatic carbocycles. The van der Waals surface area contributed by atoms with Gasteiger partial charge in [-0.1, -0.05) is 36.4 Å². The molecule has 1 aliphatic rings. The third-order valence-corrected chi connectivity index (χ3v) is 7.10. The molecule has 3 heterocycles. The number of imide groups is 1. The number of ketones is 1. The fraction of sp³-hybridized carbons (Fsp3) is 0.276. The van der Waals surface area contributed by atoms with Crippen molar-refractivity contribution in [1.82, 2.24) is 14.5 Å². The molecule has 0 saturated heterocycles. The number of nitrogens with one attached hydrogen (secondary N) is 1. The highest BCUT2D eigenvalue weighted by Gasteiger charge is 2.35. The number of para-hydroxylation sites is 2. The Morgan fingerprint density at radius 2 is 1.43 bits per heavy atom. The molecule has 0 radical (unpaired) electrons. The number of fused-ring (bicyclic) bond motifs is 2. The number of Topliss-reactive ketones (excluding diaryl/α,β-unsaturated/α-hetero) is 1. The zero-order valence-electron chi connectivity index (χ0n) is 21.0. The molecule has 5 N–H and O–H groups in total. The fourth-order valence-corrected chi connectivity index (χ4v) is 5.14. The predicted molar refractivity (Wildman–Crippen MR) is 145 cm³/mol. The van der Waals surface area contributed by atoms with E-state index in [1.54, 1.807) is 0 Å². The third-order valence-electron chi connectivity index (χ3n) is 7.10. The van der Waals surface area contributed by atoms with Crippen molar-refractivity contribution in [3.63, 3.8) is 0 Å². The van der Waals surface area contributed by atoms with Gasteiger partial charge in [-0.05, 0) is 31.9 Å². The molecular formula is C29H31N5O3. The summed E-state index contributed by atoms with van der Waals surface area (Å²) in [7, 11) is 1.92. The van der Waals surface area contributed by atoms with Gasteiger partial charge in [-0.2, -0.15) is 0 Å². The van der Waals surface area contributed by atoms with Gasteiger partial charge in [-0.25, -0.2) is 0 Å². The van der Waals surface area contributed by atoms with Crippen LogP contribution in [0.25, 0.3) is 33.0 Å². The number of aromatic nitrogens is 2. The molecule has 0 bridgehead atoms. The van der Waals surface area contributed by atoms with Crippen molar-refractivity contribution in [1.29, 1.82) is 0 Å². The SMILES string of the molecule is CC(N)CCC(=O)C(N)CCn1cc(C2=C(c3cn(C)c4ccccc34)C(=O)NC2=O)c2ccccc21. The van der Waals surface area contributed by atoms with Gasteiger partial charge in [0.1, 0.15) is 5.78 Å². The zero-order valence-corrected chi connectivity index (χ0v) is 21.0. The van der Waals surface area contributed by atoms with Crippen molar-refractivity contribution in [3.8, 4) is 0 Å². The summed E-state index contributed by atoms with van der Waals surface area (Å²) in [6, 6.07) is 14.9. The largest absolute Gasteiger partial charge is 0.350 e. The van der Waals surface area contributed by atoms with E-state index in [4.69, 9.17) is 11.5 Å². The lowest BCUT2D eigenvalue weighted by molar-refractivity contribution is -0.123. The third kappa shape index (κ3) is 4.50. The molecule has 2 aromatic heterocycles. The second kappa shape index (κ2) is 9.80. The van der Waals surface area contributed by atoms with E-state index in [1.807, 2.05) is 84.0 Å². The van der Waals surface area contributed by atoms with Gasteiger partial charge in [0.05, 0.1) is 17.2 Å². The molecule has 5 rings (SSSR count). The van der Waals surface area contributed by atoms with Crippen LogP contribution >= 0.6 is 0 Å². The summed E-state index contributed by atoms with van der Waals surface area (Å²) in [4.78, 5) is 38.7. The highest BCUT2D eigenvalue weighted by molar-refractivity contribution is 6.50. The van der Waals surface area contributed by atoms with Crippen LogP contribution in [0.4, 0.5) is 0 Å². The molecule has 2 unspecified atom stereocenters. The van der Waals surface area contributed by atoms with Crippen molar-refractivity contribution in [2.75, 3.05) is 0 Å². The van der Waals surface area contributed by atoms with Crippen LogP contribution < -0.4 is 16.8 Å². The lowest BCUT2D eigenvalue weighted by Gasteiger charge is -2.13. The number of hydrogen-bond donors (Lipinski definition) is 3. The molecule has 2 aromatic carbocycles. The van der Waals surface area contributed by atoms with Gasteiger partial charge in [0, 0.05) is 71.4 Å². The van der Waals surface area contributed by atoms with Crippen LogP contribution in [0.15, 0.2) is 60.9 Å². The highest BCUT2D eigenvalue weighted by Crippen LogP contribution is 2.38. The van der Waals surface area contributed by atoms with Gasteiger partial charge in [-0.3, -0.25) is 19.7 Å². The standard InChI is InChI=1S/C29H31N5O3/c1-17(30)11-12-25(35)22(31)13-14-34-16-21(19-8-4-6-10-24(19)34)27-26(28(36)32-29(27)37)20-15-33(2)23-9-5-3-7-18(20)23/h3-10,15-17,22H,11-14,30-31H2,1-2H3,(H,32,36,37). The quantitative estimate of drug-likeness (QED) is 0.307. The Bertz CT molecular complexity index is 1570. The molecule has 0 saturated carbocycles. The molecule has 4 aromatic rings. The molecule has 2 amide bonds. The van der Waals surface area contributed by atoms with E-state index >= 15 is 0 Å². The van der Waals surface area contributed by atoms with E-state index < -0.39 is 17.9 Å². The van der Waals surface area contributed by atoms with E-state index in [0.717, 1.165) is 27.4 Å². The van der Waals surface area contributed by atoms with Crippen molar-refractivity contribution >= 4 is 50.5 Å². The fourth-order valence-electron chi connectivity index (χ4n) is 5.14. The Hall–Kier alpha value is -4.01. The molecular weight excluding hydrogens is 466 g/mol.